The van der Waals surface area contributed by atoms with Crippen molar-refractivity contribution < 1.29 is 9.84 Å². The third kappa shape index (κ3) is 3.65. The highest BCUT2D eigenvalue weighted by atomic mass is 28.3. The molecule has 1 aromatic heterocycles. The number of benzene rings is 1. The van der Waals surface area contributed by atoms with Gasteiger partial charge in [0.1, 0.15) is 6.73 Å². The normalized spacial score (nSPS) is 12.2. The number of fused-ring (bicyclic) bond motifs is 1. The van der Waals surface area contributed by atoms with E-state index in [9.17, 15) is 5.11 Å². The van der Waals surface area contributed by atoms with Gasteiger partial charge in [-0.15, -0.1) is 0 Å². The predicted octanol–water partition coefficient (Wildman–Crippen LogP) is 2.84. The molecule has 0 amide bonds. The molecule has 1 aromatic carbocycles. The second-order valence-electron chi connectivity index (χ2n) is 5.97. The molecule has 0 saturated carbocycles. The second-order valence-corrected chi connectivity index (χ2v) is 11.6. The molecule has 0 fully saturated rings. The van der Waals surface area contributed by atoms with Gasteiger partial charge in [0.2, 0.25) is 0 Å². The molecular formula is C14H22N2O2Si. The van der Waals surface area contributed by atoms with E-state index in [1.165, 1.54) is 0 Å². The van der Waals surface area contributed by atoms with Crippen LogP contribution in [0.2, 0.25) is 25.7 Å². The van der Waals surface area contributed by atoms with Crippen molar-refractivity contribution in [3.05, 3.63) is 30.0 Å². The van der Waals surface area contributed by atoms with Crippen molar-refractivity contribution in [3.63, 3.8) is 0 Å². The Morgan fingerprint density at radius 2 is 2.00 bits per heavy atom. The van der Waals surface area contributed by atoms with Crippen LogP contribution in [0.1, 0.15) is 5.69 Å². The number of para-hydroxylation sites is 1. The van der Waals surface area contributed by atoms with E-state index in [4.69, 9.17) is 4.74 Å². The van der Waals surface area contributed by atoms with E-state index in [0.29, 0.717) is 12.4 Å². The Bertz CT molecular complexity index is 546. The quantitative estimate of drug-likeness (QED) is 0.653. The Hall–Kier alpha value is -1.17. The van der Waals surface area contributed by atoms with Crippen molar-refractivity contribution in [1.29, 1.82) is 0 Å². The van der Waals surface area contributed by atoms with Crippen molar-refractivity contribution in [2.24, 2.45) is 0 Å². The Morgan fingerprint density at radius 1 is 1.26 bits per heavy atom. The van der Waals surface area contributed by atoms with E-state index < -0.39 is 8.07 Å². The molecule has 5 heteroatoms. The van der Waals surface area contributed by atoms with Gasteiger partial charge in [-0.05, 0) is 12.1 Å². The number of hydrogen-bond donors (Lipinski definition) is 1. The summed E-state index contributed by atoms with van der Waals surface area (Å²) in [7, 11) is -1.05. The van der Waals surface area contributed by atoms with Crippen LogP contribution >= 0.6 is 0 Å². The number of nitrogens with zero attached hydrogens (tertiary/aromatic N) is 2. The minimum Gasteiger partial charge on any atom is -0.390 e. The van der Waals surface area contributed by atoms with Gasteiger partial charge in [-0.2, -0.15) is 5.10 Å². The van der Waals surface area contributed by atoms with Gasteiger partial charge in [0.05, 0.1) is 17.8 Å². The third-order valence-corrected chi connectivity index (χ3v) is 4.80. The molecule has 0 bridgehead atoms. The highest BCUT2D eigenvalue weighted by Crippen LogP contribution is 2.18. The fraction of sp³-hybridized carbons (Fsp3) is 0.500. The molecule has 0 spiro atoms. The van der Waals surface area contributed by atoms with Crippen LogP contribution in [0.3, 0.4) is 0 Å². The monoisotopic (exact) mass is 278 g/mol. The van der Waals surface area contributed by atoms with Gasteiger partial charge in [-0.3, -0.25) is 0 Å². The van der Waals surface area contributed by atoms with Crippen LogP contribution in [0, 0.1) is 0 Å². The summed E-state index contributed by atoms with van der Waals surface area (Å²) in [5.74, 6) is 0. The first-order valence-corrected chi connectivity index (χ1v) is 10.3. The fourth-order valence-electron chi connectivity index (χ4n) is 1.94. The Morgan fingerprint density at radius 3 is 2.68 bits per heavy atom. The van der Waals surface area contributed by atoms with Crippen LogP contribution in [0.5, 0.6) is 0 Å². The minimum atomic E-state index is -1.05. The molecular weight excluding hydrogens is 256 g/mol. The van der Waals surface area contributed by atoms with Gasteiger partial charge in [0.15, 0.2) is 0 Å². The molecule has 1 heterocycles. The lowest BCUT2D eigenvalue weighted by Gasteiger charge is -2.15. The summed E-state index contributed by atoms with van der Waals surface area (Å²) < 4.78 is 7.54. The smallest absolute Gasteiger partial charge is 0.140 e. The molecule has 104 valence electrons. The highest BCUT2D eigenvalue weighted by molar-refractivity contribution is 6.76. The lowest BCUT2D eigenvalue weighted by atomic mass is 10.2. The van der Waals surface area contributed by atoms with Gasteiger partial charge in [-0.1, -0.05) is 37.8 Å². The number of aromatic nitrogens is 2. The Labute approximate surface area is 115 Å². The van der Waals surface area contributed by atoms with E-state index in [-0.39, 0.29) is 6.61 Å². The number of rotatable bonds is 6. The van der Waals surface area contributed by atoms with E-state index in [0.717, 1.165) is 23.6 Å². The first kappa shape index (κ1) is 14.2. The number of ether oxygens (including phenoxy) is 1. The van der Waals surface area contributed by atoms with E-state index in [2.05, 4.69) is 24.7 Å². The number of aliphatic hydroxyl groups excluding tert-OH is 1. The minimum absolute atomic E-state index is 0.0393. The standard InChI is InChI=1S/C14H22N2O2Si/c1-19(2,3)9-8-18-11-16-14-7-5-4-6-12(14)13(10-17)15-16/h4-7,17H,8-11H2,1-3H3. The molecule has 4 nitrogen and oxygen atoms in total. The summed E-state index contributed by atoms with van der Waals surface area (Å²) in [5.41, 5.74) is 1.73. The van der Waals surface area contributed by atoms with E-state index >= 15 is 0 Å². The molecule has 19 heavy (non-hydrogen) atoms. The maximum Gasteiger partial charge on any atom is 0.140 e. The lowest BCUT2D eigenvalue weighted by molar-refractivity contribution is 0.0809. The zero-order valence-corrected chi connectivity index (χ0v) is 12.9. The van der Waals surface area contributed by atoms with Crippen LogP contribution in [-0.4, -0.2) is 29.6 Å². The van der Waals surface area contributed by atoms with Crippen LogP contribution in [-0.2, 0) is 18.1 Å². The number of hydrogen-bond acceptors (Lipinski definition) is 3. The summed E-state index contributed by atoms with van der Waals surface area (Å²) in [6.07, 6.45) is 0. The van der Waals surface area contributed by atoms with Crippen LogP contribution in [0.25, 0.3) is 10.9 Å². The zero-order chi connectivity index (χ0) is 13.9. The molecule has 0 unspecified atom stereocenters. The van der Waals surface area contributed by atoms with Crippen molar-refractivity contribution in [2.45, 2.75) is 39.0 Å². The molecule has 0 saturated heterocycles. The molecule has 0 aliphatic heterocycles. The Kier molecular flexibility index (Phi) is 4.39. The van der Waals surface area contributed by atoms with Gasteiger partial charge in [-0.25, -0.2) is 4.68 Å². The van der Waals surface area contributed by atoms with Crippen LogP contribution in [0.4, 0.5) is 0 Å². The summed E-state index contributed by atoms with van der Waals surface area (Å²) in [6.45, 7) is 8.20. The van der Waals surface area contributed by atoms with Crippen molar-refractivity contribution >= 4 is 19.0 Å². The largest absolute Gasteiger partial charge is 0.390 e. The summed E-state index contributed by atoms with van der Waals surface area (Å²) in [4.78, 5) is 0. The average Bonchev–Trinajstić information content (AvgIpc) is 2.72. The SMILES string of the molecule is C[Si](C)(C)CCOCn1nc(CO)c2ccccc21. The second kappa shape index (κ2) is 5.86. The maximum absolute atomic E-state index is 9.32. The van der Waals surface area contributed by atoms with Gasteiger partial charge < -0.3 is 9.84 Å². The molecule has 1 N–H and O–H groups in total. The van der Waals surface area contributed by atoms with E-state index in [1.54, 1.807) is 0 Å². The summed E-state index contributed by atoms with van der Waals surface area (Å²) in [5, 5.41) is 14.7. The molecule has 2 aromatic rings. The summed E-state index contributed by atoms with van der Waals surface area (Å²) >= 11 is 0. The van der Waals surface area contributed by atoms with Gasteiger partial charge in [0, 0.05) is 20.1 Å². The topological polar surface area (TPSA) is 47.3 Å². The molecule has 0 radical (unpaired) electrons. The van der Waals surface area contributed by atoms with Gasteiger partial charge in [0.25, 0.3) is 0 Å². The van der Waals surface area contributed by atoms with Crippen molar-refractivity contribution in [2.75, 3.05) is 6.61 Å². The molecule has 0 atom stereocenters. The molecule has 0 aliphatic rings. The number of aliphatic hydroxyl groups is 1. The zero-order valence-electron chi connectivity index (χ0n) is 11.9. The average molecular weight is 278 g/mol. The fourth-order valence-corrected chi connectivity index (χ4v) is 2.70. The molecule has 0 aliphatic carbocycles. The molecule has 2 rings (SSSR count). The third-order valence-electron chi connectivity index (χ3n) is 3.09. The van der Waals surface area contributed by atoms with Gasteiger partial charge >= 0.3 is 0 Å². The summed E-state index contributed by atoms with van der Waals surface area (Å²) in [6, 6.07) is 9.07. The van der Waals surface area contributed by atoms with E-state index in [1.807, 2.05) is 28.9 Å². The predicted molar refractivity (Wildman–Crippen MR) is 79.8 cm³/mol. The van der Waals surface area contributed by atoms with Crippen LogP contribution in [0.15, 0.2) is 24.3 Å². The Balaban J connectivity index is 2.05. The first-order valence-electron chi connectivity index (χ1n) is 6.64. The highest BCUT2D eigenvalue weighted by Gasteiger charge is 2.13. The lowest BCUT2D eigenvalue weighted by Crippen LogP contribution is -2.22. The van der Waals surface area contributed by atoms with Crippen LogP contribution < -0.4 is 0 Å². The van der Waals surface area contributed by atoms with Crippen molar-refractivity contribution in [3.8, 4) is 0 Å². The van der Waals surface area contributed by atoms with Crippen molar-refractivity contribution in [1.82, 2.24) is 9.78 Å². The first-order chi connectivity index (χ1) is 9.01. The maximum atomic E-state index is 9.32.